The number of non-ortho nitro benzene ring substituents is 2. The highest BCUT2D eigenvalue weighted by Crippen LogP contribution is 2.28. The van der Waals surface area contributed by atoms with Gasteiger partial charge in [0.15, 0.2) is 0 Å². The molecule has 0 amide bonds. The van der Waals surface area contributed by atoms with Gasteiger partial charge in [-0.05, 0) is 29.7 Å². The number of hydrogen-bond donors (Lipinski definition) is 3. The summed E-state index contributed by atoms with van der Waals surface area (Å²) in [4.78, 5) is 20.1. The van der Waals surface area contributed by atoms with Gasteiger partial charge in [-0.3, -0.25) is 20.2 Å². The van der Waals surface area contributed by atoms with Crippen LogP contribution in [0.1, 0.15) is 56.2 Å². The van der Waals surface area contributed by atoms with Gasteiger partial charge in [0, 0.05) is 43.4 Å². The van der Waals surface area contributed by atoms with Gasteiger partial charge in [0.2, 0.25) is 0 Å². The maximum absolute atomic E-state index is 10.6. The van der Waals surface area contributed by atoms with Crippen LogP contribution in [0.25, 0.3) is 0 Å². The summed E-state index contributed by atoms with van der Waals surface area (Å²) in [6, 6.07) is 8.65. The Hall–Kier alpha value is -2.30. The lowest BCUT2D eigenvalue weighted by Crippen LogP contribution is -2.17. The van der Waals surface area contributed by atoms with Crippen molar-refractivity contribution in [3.8, 4) is 0 Å². The molecule has 33 heavy (non-hydrogen) atoms. The fourth-order valence-corrected chi connectivity index (χ4v) is 3.53. The molecule has 0 fully saturated rings. The summed E-state index contributed by atoms with van der Waals surface area (Å²) in [7, 11) is 0. The van der Waals surface area contributed by atoms with E-state index in [0.29, 0.717) is 23.1 Å². The lowest BCUT2D eigenvalue weighted by Gasteiger charge is -2.13. The second-order valence-electron chi connectivity index (χ2n) is 7.35. The molecule has 0 aliphatic rings. The molecule has 0 aromatic heterocycles. The van der Waals surface area contributed by atoms with Crippen LogP contribution in [-0.4, -0.2) is 28.1 Å². The number of nitrogens with two attached hydrogens (primary N) is 1. The number of aliphatic hydroxyl groups excluding tert-OH is 1. The Morgan fingerprint density at radius 2 is 1.61 bits per heavy atom. The fourth-order valence-electron chi connectivity index (χ4n) is 2.97. The summed E-state index contributed by atoms with van der Waals surface area (Å²) in [5, 5.41) is 33.2. The summed E-state index contributed by atoms with van der Waals surface area (Å²) in [6.45, 7) is 3.16. The quantitative estimate of drug-likeness (QED) is 0.196. The van der Waals surface area contributed by atoms with Crippen molar-refractivity contribution < 1.29 is 15.0 Å². The smallest absolute Gasteiger partial charge is 0.270 e. The molecule has 0 bridgehead atoms. The van der Waals surface area contributed by atoms with Crippen LogP contribution in [-0.2, 0) is 6.54 Å². The van der Waals surface area contributed by atoms with Gasteiger partial charge >= 0.3 is 0 Å². The first kappa shape index (κ1) is 28.7. The predicted octanol–water partition coefficient (Wildman–Crippen LogP) is 5.55. The molecule has 182 valence electrons. The highest BCUT2D eigenvalue weighted by atomic mass is 35.5. The topological polar surface area (TPSA) is 145 Å². The first-order valence-electron chi connectivity index (χ1n) is 10.6. The van der Waals surface area contributed by atoms with Crippen LogP contribution in [0, 0.1) is 20.2 Å². The van der Waals surface area contributed by atoms with E-state index in [1.54, 1.807) is 12.1 Å². The van der Waals surface area contributed by atoms with Crippen molar-refractivity contribution >= 4 is 34.6 Å². The van der Waals surface area contributed by atoms with E-state index in [0.717, 1.165) is 30.4 Å². The Bertz CT molecular complexity index is 914. The van der Waals surface area contributed by atoms with Crippen LogP contribution in [0.2, 0.25) is 10.0 Å². The molecule has 11 heteroatoms. The van der Waals surface area contributed by atoms with Crippen LogP contribution in [0.15, 0.2) is 36.4 Å². The number of hydrogen-bond acceptors (Lipinski definition) is 7. The minimum atomic E-state index is -0.489. The summed E-state index contributed by atoms with van der Waals surface area (Å²) >= 11 is 11.9. The molecular formula is C22H30Cl2N4O5. The lowest BCUT2D eigenvalue weighted by molar-refractivity contribution is -0.385. The van der Waals surface area contributed by atoms with Gasteiger partial charge in [0.25, 0.3) is 11.4 Å². The van der Waals surface area contributed by atoms with Gasteiger partial charge in [-0.2, -0.15) is 0 Å². The molecule has 0 saturated heterocycles. The number of rotatable bonds is 12. The second-order valence-corrected chi connectivity index (χ2v) is 8.17. The molecule has 1 unspecified atom stereocenters. The van der Waals surface area contributed by atoms with Gasteiger partial charge < -0.3 is 16.2 Å². The molecule has 9 nitrogen and oxygen atoms in total. The van der Waals surface area contributed by atoms with Crippen LogP contribution < -0.4 is 11.1 Å². The van der Waals surface area contributed by atoms with E-state index in [1.807, 2.05) is 0 Å². The average Bonchev–Trinajstić information content (AvgIpc) is 2.78. The number of aliphatic hydroxyl groups is 1. The number of nitro benzene ring substituents is 2. The molecule has 1 atom stereocenters. The lowest BCUT2D eigenvalue weighted by atomic mass is 10.0. The van der Waals surface area contributed by atoms with Crippen molar-refractivity contribution in [2.24, 2.45) is 5.73 Å². The summed E-state index contributed by atoms with van der Waals surface area (Å²) < 4.78 is 0. The van der Waals surface area contributed by atoms with Crippen molar-refractivity contribution in [3.05, 3.63) is 77.8 Å². The first-order valence-corrected chi connectivity index (χ1v) is 11.4. The average molecular weight is 501 g/mol. The van der Waals surface area contributed by atoms with Crippen LogP contribution in [0.5, 0.6) is 0 Å². The zero-order valence-electron chi connectivity index (χ0n) is 18.5. The number of benzene rings is 2. The van der Waals surface area contributed by atoms with Crippen LogP contribution in [0.4, 0.5) is 11.4 Å². The number of nitrogens with one attached hydrogen (secondary N) is 1. The fraction of sp³-hybridized carbons (Fsp3) is 0.455. The summed E-state index contributed by atoms with van der Waals surface area (Å²) in [5.41, 5.74) is 7.59. The number of halogens is 2. The summed E-state index contributed by atoms with van der Waals surface area (Å²) in [6.07, 6.45) is 5.48. The monoisotopic (exact) mass is 500 g/mol. The molecule has 0 heterocycles. The molecule has 0 radical (unpaired) electrons. The molecule has 0 aliphatic heterocycles. The van der Waals surface area contributed by atoms with Gasteiger partial charge in [-0.1, -0.05) is 55.8 Å². The van der Waals surface area contributed by atoms with Crippen molar-refractivity contribution in [2.45, 2.75) is 51.6 Å². The predicted molar refractivity (Wildman–Crippen MR) is 131 cm³/mol. The number of nitro groups is 2. The van der Waals surface area contributed by atoms with Gasteiger partial charge in [0.05, 0.1) is 26.5 Å². The van der Waals surface area contributed by atoms with E-state index in [2.05, 4.69) is 12.2 Å². The normalized spacial score (nSPS) is 11.4. The molecule has 2 rings (SSSR count). The standard InChI is InChI=1S/C13H19ClN2O2.C9H11ClN2O3/c1-2-3-4-5-6-13(15)11-8-7-10(16(17)18)9-12(11)14;10-9-5-8(12(14)15)2-1-7(9)6-11-3-4-13/h7-9,13H,2-6,15H2,1H3;1-2,5,11,13H,3-4,6H2. The Balaban J connectivity index is 0.000000335. The number of nitrogens with zero attached hydrogens (tertiary/aromatic N) is 2. The molecule has 2 aromatic carbocycles. The van der Waals surface area contributed by atoms with Gasteiger partial charge in [-0.15, -0.1) is 0 Å². The Morgan fingerprint density at radius 1 is 1.00 bits per heavy atom. The highest BCUT2D eigenvalue weighted by Gasteiger charge is 2.14. The molecule has 2 aromatic rings. The van der Waals surface area contributed by atoms with E-state index in [4.69, 9.17) is 34.0 Å². The van der Waals surface area contributed by atoms with Crippen LogP contribution in [0.3, 0.4) is 0 Å². The molecule has 4 N–H and O–H groups in total. The third-order valence-electron chi connectivity index (χ3n) is 4.81. The third kappa shape index (κ3) is 10.4. The molecular weight excluding hydrogens is 471 g/mol. The van der Waals surface area contributed by atoms with E-state index in [9.17, 15) is 20.2 Å². The molecule has 0 aliphatic carbocycles. The number of unbranched alkanes of at least 4 members (excludes halogenated alkanes) is 3. The first-order chi connectivity index (χ1) is 15.7. The van der Waals surface area contributed by atoms with Crippen molar-refractivity contribution in [3.63, 3.8) is 0 Å². The van der Waals surface area contributed by atoms with E-state index in [1.165, 1.54) is 37.1 Å². The maximum Gasteiger partial charge on any atom is 0.270 e. The van der Waals surface area contributed by atoms with E-state index < -0.39 is 9.85 Å². The zero-order valence-corrected chi connectivity index (χ0v) is 20.0. The third-order valence-corrected chi connectivity index (χ3v) is 5.49. The molecule has 0 spiro atoms. The SMILES string of the molecule is CCCCCCC(N)c1ccc([N+](=O)[O-])cc1Cl.O=[N+]([O-])c1ccc(CNCCO)c(Cl)c1. The highest BCUT2D eigenvalue weighted by molar-refractivity contribution is 6.31. The Labute approximate surface area is 203 Å². The minimum absolute atomic E-state index is 0.00179. The second kappa shape index (κ2) is 15.5. The van der Waals surface area contributed by atoms with Crippen molar-refractivity contribution in [1.29, 1.82) is 0 Å². The van der Waals surface area contributed by atoms with Crippen LogP contribution >= 0.6 is 23.2 Å². The largest absolute Gasteiger partial charge is 0.395 e. The van der Waals surface area contributed by atoms with E-state index in [-0.39, 0.29) is 24.0 Å². The minimum Gasteiger partial charge on any atom is -0.395 e. The zero-order chi connectivity index (χ0) is 24.8. The van der Waals surface area contributed by atoms with Crippen molar-refractivity contribution in [2.75, 3.05) is 13.2 Å². The molecule has 0 saturated carbocycles. The Kier molecular flexibility index (Phi) is 13.5. The van der Waals surface area contributed by atoms with Gasteiger partial charge in [0.1, 0.15) is 0 Å². The summed E-state index contributed by atoms with van der Waals surface area (Å²) in [5.74, 6) is 0. The van der Waals surface area contributed by atoms with Crippen molar-refractivity contribution in [1.82, 2.24) is 5.32 Å². The van der Waals surface area contributed by atoms with E-state index >= 15 is 0 Å². The Morgan fingerprint density at radius 3 is 2.12 bits per heavy atom. The maximum atomic E-state index is 10.6. The van der Waals surface area contributed by atoms with Gasteiger partial charge in [-0.25, -0.2) is 0 Å².